The molecule has 22 heavy (non-hydrogen) atoms. The first-order chi connectivity index (χ1) is 10.5. The number of hydrogen-bond donors (Lipinski definition) is 2. The van der Waals surface area contributed by atoms with Gasteiger partial charge in [0, 0.05) is 11.3 Å². The van der Waals surface area contributed by atoms with E-state index < -0.39 is 17.9 Å². The maximum absolute atomic E-state index is 11.0. The van der Waals surface area contributed by atoms with Crippen LogP contribution >= 0.6 is 23.2 Å². The van der Waals surface area contributed by atoms with Crippen molar-refractivity contribution in [1.29, 1.82) is 0 Å². The average molecular weight is 355 g/mol. The SMILES string of the molecule is O=C(O)CC(CC(Cl)CCCCCCCCCCCl)C(=O)O. The molecule has 0 saturated carbocycles. The van der Waals surface area contributed by atoms with Gasteiger partial charge < -0.3 is 10.2 Å². The predicted molar refractivity (Wildman–Crippen MR) is 89.9 cm³/mol. The fourth-order valence-electron chi connectivity index (χ4n) is 2.43. The Morgan fingerprint density at radius 1 is 0.864 bits per heavy atom. The Balaban J connectivity index is 3.61. The molecule has 2 unspecified atom stereocenters. The number of hydrogen-bond acceptors (Lipinski definition) is 2. The second-order valence-corrected chi connectivity index (χ2v) is 6.77. The van der Waals surface area contributed by atoms with Crippen molar-refractivity contribution in [2.45, 2.75) is 76.0 Å². The molecule has 0 amide bonds. The van der Waals surface area contributed by atoms with Gasteiger partial charge in [0.25, 0.3) is 0 Å². The van der Waals surface area contributed by atoms with Gasteiger partial charge in [0.1, 0.15) is 0 Å². The number of rotatable bonds is 15. The van der Waals surface area contributed by atoms with E-state index in [0.29, 0.717) is 0 Å². The van der Waals surface area contributed by atoms with Crippen molar-refractivity contribution in [3.63, 3.8) is 0 Å². The molecule has 0 rings (SSSR count). The largest absolute Gasteiger partial charge is 0.481 e. The van der Waals surface area contributed by atoms with Crippen LogP contribution < -0.4 is 0 Å². The van der Waals surface area contributed by atoms with E-state index in [1.54, 1.807) is 0 Å². The Morgan fingerprint density at radius 2 is 1.36 bits per heavy atom. The first kappa shape index (κ1) is 21.5. The van der Waals surface area contributed by atoms with Gasteiger partial charge in [0.15, 0.2) is 0 Å². The zero-order chi connectivity index (χ0) is 16.8. The molecule has 0 saturated heterocycles. The van der Waals surface area contributed by atoms with Crippen molar-refractivity contribution in [2.24, 2.45) is 5.92 Å². The Bertz CT molecular complexity index is 311. The van der Waals surface area contributed by atoms with Gasteiger partial charge in [-0.3, -0.25) is 9.59 Å². The van der Waals surface area contributed by atoms with Crippen LogP contribution in [0.2, 0.25) is 0 Å². The van der Waals surface area contributed by atoms with Gasteiger partial charge in [0.05, 0.1) is 12.3 Å². The number of aliphatic carboxylic acids is 2. The third kappa shape index (κ3) is 13.2. The fraction of sp³-hybridized carbons (Fsp3) is 0.875. The lowest BCUT2D eigenvalue weighted by molar-refractivity contribution is -0.148. The molecule has 0 spiro atoms. The van der Waals surface area contributed by atoms with Gasteiger partial charge in [-0.25, -0.2) is 0 Å². The van der Waals surface area contributed by atoms with E-state index in [1.165, 1.54) is 32.1 Å². The van der Waals surface area contributed by atoms with Crippen molar-refractivity contribution in [1.82, 2.24) is 0 Å². The molecule has 4 nitrogen and oxygen atoms in total. The lowest BCUT2D eigenvalue weighted by atomic mass is 9.96. The topological polar surface area (TPSA) is 74.6 Å². The summed E-state index contributed by atoms with van der Waals surface area (Å²) in [6.45, 7) is 0. The molecular formula is C16H28Cl2O4. The molecule has 0 radical (unpaired) electrons. The summed E-state index contributed by atoms with van der Waals surface area (Å²) in [6.07, 6.45) is 9.82. The molecule has 0 aromatic rings. The number of unbranched alkanes of at least 4 members (excludes halogenated alkanes) is 7. The summed E-state index contributed by atoms with van der Waals surface area (Å²) < 4.78 is 0. The second kappa shape index (κ2) is 14.1. The van der Waals surface area contributed by atoms with Crippen molar-refractivity contribution < 1.29 is 19.8 Å². The van der Waals surface area contributed by atoms with Gasteiger partial charge >= 0.3 is 11.9 Å². The smallest absolute Gasteiger partial charge is 0.307 e. The van der Waals surface area contributed by atoms with Crippen LogP contribution in [0, 0.1) is 5.92 Å². The van der Waals surface area contributed by atoms with E-state index in [-0.39, 0.29) is 18.2 Å². The average Bonchev–Trinajstić information content (AvgIpc) is 2.44. The number of alkyl halides is 2. The van der Waals surface area contributed by atoms with E-state index in [2.05, 4.69) is 0 Å². The van der Waals surface area contributed by atoms with Crippen molar-refractivity contribution in [3.05, 3.63) is 0 Å². The second-order valence-electron chi connectivity index (χ2n) is 5.77. The van der Waals surface area contributed by atoms with Crippen LogP contribution in [-0.4, -0.2) is 33.4 Å². The number of carboxylic acid groups (broad SMARTS) is 2. The summed E-state index contributed by atoms with van der Waals surface area (Å²) in [5.74, 6) is -2.31. The molecule has 0 aliphatic carbocycles. The maximum atomic E-state index is 11.0. The van der Waals surface area contributed by atoms with Crippen molar-refractivity contribution in [2.75, 3.05) is 5.88 Å². The van der Waals surface area contributed by atoms with Crippen LogP contribution in [0.5, 0.6) is 0 Å². The van der Waals surface area contributed by atoms with E-state index >= 15 is 0 Å². The predicted octanol–water partition coefficient (Wildman–Crippen LogP) is 4.91. The standard InChI is InChI=1S/C16H28Cl2O4/c17-10-8-6-4-2-1-3-5-7-9-14(18)11-13(16(21)22)12-15(19)20/h13-14H,1-12H2,(H,19,20)(H,21,22). The summed E-state index contributed by atoms with van der Waals surface area (Å²) >= 11 is 11.7. The van der Waals surface area contributed by atoms with Crippen molar-refractivity contribution >= 4 is 35.1 Å². The Morgan fingerprint density at radius 3 is 1.82 bits per heavy atom. The van der Waals surface area contributed by atoms with Gasteiger partial charge in [0.2, 0.25) is 0 Å². The number of halogens is 2. The van der Waals surface area contributed by atoms with Gasteiger partial charge in [-0.1, -0.05) is 44.9 Å². The maximum Gasteiger partial charge on any atom is 0.307 e. The van der Waals surface area contributed by atoms with E-state index in [0.717, 1.165) is 31.6 Å². The van der Waals surface area contributed by atoms with E-state index in [1.807, 2.05) is 0 Å². The Hall–Kier alpha value is -0.480. The molecule has 2 atom stereocenters. The fourth-order valence-corrected chi connectivity index (χ4v) is 2.99. The summed E-state index contributed by atoms with van der Waals surface area (Å²) in [6, 6.07) is 0. The molecule has 0 aliphatic rings. The molecule has 6 heteroatoms. The quantitative estimate of drug-likeness (QED) is 0.323. The molecule has 0 fully saturated rings. The molecule has 0 heterocycles. The van der Waals surface area contributed by atoms with Crippen LogP contribution in [0.15, 0.2) is 0 Å². The Labute approximate surface area is 143 Å². The van der Waals surface area contributed by atoms with Crippen LogP contribution in [0.1, 0.15) is 70.6 Å². The highest BCUT2D eigenvalue weighted by Gasteiger charge is 2.23. The molecule has 0 aliphatic heterocycles. The van der Waals surface area contributed by atoms with Gasteiger partial charge in [-0.05, 0) is 19.3 Å². The summed E-state index contributed by atoms with van der Waals surface area (Å²) in [4.78, 5) is 21.6. The number of carboxylic acids is 2. The molecular weight excluding hydrogens is 327 g/mol. The minimum atomic E-state index is -1.09. The van der Waals surface area contributed by atoms with Gasteiger partial charge in [-0.15, -0.1) is 23.2 Å². The molecule has 130 valence electrons. The minimum absolute atomic E-state index is 0.224. The highest BCUT2D eigenvalue weighted by Crippen LogP contribution is 2.21. The van der Waals surface area contributed by atoms with Crippen LogP contribution in [-0.2, 0) is 9.59 Å². The van der Waals surface area contributed by atoms with Gasteiger partial charge in [-0.2, -0.15) is 0 Å². The third-order valence-electron chi connectivity index (χ3n) is 3.71. The van der Waals surface area contributed by atoms with E-state index in [4.69, 9.17) is 33.4 Å². The zero-order valence-electron chi connectivity index (χ0n) is 13.1. The van der Waals surface area contributed by atoms with E-state index in [9.17, 15) is 9.59 Å². The Kier molecular flexibility index (Phi) is 13.8. The molecule has 0 bridgehead atoms. The zero-order valence-corrected chi connectivity index (χ0v) is 14.6. The number of carbonyl (C=O) groups is 2. The monoisotopic (exact) mass is 354 g/mol. The molecule has 0 aromatic carbocycles. The molecule has 0 aromatic heterocycles. The van der Waals surface area contributed by atoms with Crippen molar-refractivity contribution in [3.8, 4) is 0 Å². The minimum Gasteiger partial charge on any atom is -0.481 e. The normalized spacial score (nSPS) is 13.7. The summed E-state index contributed by atoms with van der Waals surface area (Å²) in [5.41, 5.74) is 0. The molecule has 2 N–H and O–H groups in total. The summed E-state index contributed by atoms with van der Waals surface area (Å²) in [7, 11) is 0. The lowest BCUT2D eigenvalue weighted by Gasteiger charge is -2.14. The van der Waals surface area contributed by atoms with Crippen LogP contribution in [0.4, 0.5) is 0 Å². The summed E-state index contributed by atoms with van der Waals surface area (Å²) in [5, 5.41) is 17.4. The third-order valence-corrected chi connectivity index (χ3v) is 4.38. The van der Waals surface area contributed by atoms with Crippen LogP contribution in [0.25, 0.3) is 0 Å². The highest BCUT2D eigenvalue weighted by atomic mass is 35.5. The lowest BCUT2D eigenvalue weighted by Crippen LogP contribution is -2.21. The van der Waals surface area contributed by atoms with Crippen LogP contribution in [0.3, 0.4) is 0 Å². The first-order valence-corrected chi connectivity index (χ1v) is 9.09. The highest BCUT2D eigenvalue weighted by molar-refractivity contribution is 6.20. The first-order valence-electron chi connectivity index (χ1n) is 8.12.